The Morgan fingerprint density at radius 3 is 2.41 bits per heavy atom. The summed E-state index contributed by atoms with van der Waals surface area (Å²) in [6, 6.07) is 5.12. The molecule has 0 bridgehead atoms. The third kappa shape index (κ3) is 11.0. The number of hydrogen-bond donors (Lipinski definition) is 2. The molecule has 1 aliphatic carbocycles. The third-order valence-electron chi connectivity index (χ3n) is 7.83. The highest BCUT2D eigenvalue weighted by molar-refractivity contribution is 7.90. The molecule has 250 valence electrons. The summed E-state index contributed by atoms with van der Waals surface area (Å²) in [7, 11) is -1.37. The van der Waals surface area contributed by atoms with Crippen molar-refractivity contribution in [2.45, 2.75) is 128 Å². The first-order valence-electron chi connectivity index (χ1n) is 15.1. The van der Waals surface area contributed by atoms with E-state index in [1.165, 1.54) is 0 Å². The zero-order valence-electron chi connectivity index (χ0n) is 26.7. The Hall–Kier alpha value is -1.74. The molecule has 1 fully saturated rings. The van der Waals surface area contributed by atoms with Gasteiger partial charge in [0.1, 0.15) is 23.3 Å². The molecule has 0 radical (unpaired) electrons. The van der Waals surface area contributed by atoms with Crippen LogP contribution in [0, 0.1) is 5.92 Å². The predicted octanol–water partition coefficient (Wildman–Crippen LogP) is 7.79. The number of aromatic nitrogens is 2. The Balaban J connectivity index is 1.99. The van der Waals surface area contributed by atoms with Crippen molar-refractivity contribution in [1.82, 2.24) is 19.6 Å². The van der Waals surface area contributed by atoms with E-state index in [4.69, 9.17) is 9.72 Å². The number of halogens is 5. The summed E-state index contributed by atoms with van der Waals surface area (Å²) in [6.07, 6.45) is -6.34. The molecule has 7 nitrogen and oxygen atoms in total. The van der Waals surface area contributed by atoms with E-state index in [1.807, 2.05) is 31.4 Å². The largest absolute Gasteiger partial charge is 0.598 e. The maximum absolute atomic E-state index is 14.2. The highest BCUT2D eigenvalue weighted by Crippen LogP contribution is 2.42. The van der Waals surface area contributed by atoms with Gasteiger partial charge < -0.3 is 19.2 Å². The smallest absolute Gasteiger partial charge is 0.389 e. The highest BCUT2D eigenvalue weighted by atomic mass is 32.2. The van der Waals surface area contributed by atoms with E-state index < -0.39 is 67.1 Å². The first-order chi connectivity index (χ1) is 20.2. The number of amides is 1. The second kappa shape index (κ2) is 14.4. The summed E-state index contributed by atoms with van der Waals surface area (Å²) in [4.78, 5) is 17.1. The summed E-state index contributed by atoms with van der Waals surface area (Å²) in [5.74, 6) is -3.16. The van der Waals surface area contributed by atoms with Crippen LogP contribution in [-0.4, -0.2) is 51.5 Å². The molecule has 0 aliphatic heterocycles. The molecule has 1 aromatic heterocycles. The number of ether oxygens (including phenoxy) is 1. The van der Waals surface area contributed by atoms with Crippen LogP contribution in [0.3, 0.4) is 0 Å². The van der Waals surface area contributed by atoms with Crippen molar-refractivity contribution in [2.24, 2.45) is 5.92 Å². The average molecular weight is 667 g/mol. The van der Waals surface area contributed by atoms with Gasteiger partial charge in [-0.05, 0) is 70.2 Å². The molecular formula is C30H47F5N4O3SSi. The lowest BCUT2D eigenvalue weighted by atomic mass is 9.82. The number of nitrogens with one attached hydrogen (secondary N) is 2. The average Bonchev–Trinajstić information content (AvgIpc) is 3.24. The second-order valence-electron chi connectivity index (χ2n) is 14.1. The zero-order valence-corrected chi connectivity index (χ0v) is 28.6. The van der Waals surface area contributed by atoms with Crippen LogP contribution in [0.15, 0.2) is 18.2 Å². The lowest BCUT2D eigenvalue weighted by Crippen LogP contribution is -2.45. The van der Waals surface area contributed by atoms with E-state index in [2.05, 4.69) is 29.7 Å². The number of fused-ring (bicyclic) bond motifs is 1. The summed E-state index contributed by atoms with van der Waals surface area (Å²) >= 11 is -1.52. The van der Waals surface area contributed by atoms with Crippen molar-refractivity contribution in [3.8, 4) is 0 Å². The number of nitrogens with zero attached hydrogens (tertiary/aromatic N) is 2. The number of carbonyl (C=O) groups is 1. The molecular weight excluding hydrogens is 619 g/mol. The SMILES string of the molecule is C[C@@H](NC(=O)CCC(F)(F)F)c1ccc2c(c1)nc([C@@H](N[S+]([O-])C(C)(C)C)C1CCC(F)(F)CC1)n2COCC[Si](C)(C)C. The van der Waals surface area contributed by atoms with Gasteiger partial charge in [-0.25, -0.2) is 13.8 Å². The van der Waals surface area contributed by atoms with Gasteiger partial charge in [0.2, 0.25) is 11.8 Å². The van der Waals surface area contributed by atoms with E-state index in [0.717, 1.165) is 6.04 Å². The normalized spacial score (nSPS) is 18.8. The number of imidazole rings is 1. The first kappa shape index (κ1) is 36.7. The zero-order chi connectivity index (χ0) is 33.1. The Bertz CT molecular complexity index is 1250. The van der Waals surface area contributed by atoms with Crippen molar-refractivity contribution < 1.29 is 36.0 Å². The minimum atomic E-state index is -4.42. The number of rotatable bonds is 13. The Kier molecular flexibility index (Phi) is 12.0. The number of carbonyl (C=O) groups excluding carboxylic acids is 1. The van der Waals surface area contributed by atoms with Gasteiger partial charge in [-0.3, -0.25) is 4.79 Å². The molecule has 2 aromatic rings. The maximum Gasteiger partial charge on any atom is 0.389 e. The minimum absolute atomic E-state index is 0.155. The molecule has 0 saturated heterocycles. The van der Waals surface area contributed by atoms with Crippen LogP contribution in [0.1, 0.15) is 89.7 Å². The molecule has 1 heterocycles. The van der Waals surface area contributed by atoms with E-state index >= 15 is 0 Å². The first-order valence-corrected chi connectivity index (χ1v) is 20.0. The molecule has 1 unspecified atom stereocenters. The van der Waals surface area contributed by atoms with Crippen LogP contribution in [-0.2, 0) is 27.6 Å². The van der Waals surface area contributed by atoms with Gasteiger partial charge in [-0.15, -0.1) is 4.72 Å². The van der Waals surface area contributed by atoms with E-state index in [1.54, 1.807) is 19.1 Å². The van der Waals surface area contributed by atoms with Crippen molar-refractivity contribution in [3.63, 3.8) is 0 Å². The third-order valence-corrected chi connectivity index (χ3v) is 11.1. The van der Waals surface area contributed by atoms with Gasteiger partial charge in [-0.1, -0.05) is 25.7 Å². The Morgan fingerprint density at radius 1 is 1.20 bits per heavy atom. The number of alkyl halides is 5. The monoisotopic (exact) mass is 666 g/mol. The van der Waals surface area contributed by atoms with Crippen LogP contribution < -0.4 is 10.0 Å². The van der Waals surface area contributed by atoms with E-state index in [9.17, 15) is 31.3 Å². The van der Waals surface area contributed by atoms with Gasteiger partial charge in [0.15, 0.2) is 0 Å². The van der Waals surface area contributed by atoms with Gasteiger partial charge in [0.25, 0.3) is 0 Å². The molecule has 1 saturated carbocycles. The van der Waals surface area contributed by atoms with Crippen molar-refractivity contribution in [1.29, 1.82) is 0 Å². The molecule has 14 heteroatoms. The van der Waals surface area contributed by atoms with Crippen molar-refractivity contribution in [3.05, 3.63) is 29.6 Å². The fraction of sp³-hybridized carbons (Fsp3) is 0.733. The Morgan fingerprint density at radius 2 is 1.84 bits per heavy atom. The molecule has 3 rings (SSSR count). The van der Waals surface area contributed by atoms with Crippen LogP contribution >= 0.6 is 0 Å². The van der Waals surface area contributed by atoms with Gasteiger partial charge in [0, 0.05) is 45.3 Å². The fourth-order valence-corrected chi connectivity index (χ4v) is 6.68. The predicted molar refractivity (Wildman–Crippen MR) is 166 cm³/mol. The molecule has 0 spiro atoms. The van der Waals surface area contributed by atoms with Crippen molar-refractivity contribution >= 4 is 36.4 Å². The van der Waals surface area contributed by atoms with Gasteiger partial charge in [-0.2, -0.15) is 13.2 Å². The Labute approximate surface area is 261 Å². The van der Waals surface area contributed by atoms with Crippen LogP contribution in [0.4, 0.5) is 22.0 Å². The van der Waals surface area contributed by atoms with Crippen molar-refractivity contribution in [2.75, 3.05) is 6.61 Å². The minimum Gasteiger partial charge on any atom is -0.598 e. The molecule has 44 heavy (non-hydrogen) atoms. The van der Waals surface area contributed by atoms with E-state index in [0.29, 0.717) is 29.0 Å². The van der Waals surface area contributed by atoms with E-state index in [-0.39, 0.29) is 38.3 Å². The molecule has 3 atom stereocenters. The quantitative estimate of drug-likeness (QED) is 0.0986. The maximum atomic E-state index is 14.2. The molecule has 1 amide bonds. The summed E-state index contributed by atoms with van der Waals surface area (Å²) in [5, 5.41) is 2.62. The topological polar surface area (TPSA) is 91.2 Å². The second-order valence-corrected chi connectivity index (χ2v) is 21.7. The number of benzene rings is 1. The van der Waals surface area contributed by atoms with Crippen LogP contribution in [0.5, 0.6) is 0 Å². The summed E-state index contributed by atoms with van der Waals surface area (Å²) < 4.78 is 90.0. The molecule has 2 N–H and O–H groups in total. The van der Waals surface area contributed by atoms with Crippen LogP contribution in [0.25, 0.3) is 11.0 Å². The number of hydrogen-bond acceptors (Lipinski definition) is 5. The standard InChI is InChI=1S/C30H47F5N4O3SSi/c1-20(36-25(40)12-15-30(33,34)35)22-8-9-24-23(18-22)37-27(39(24)19-42-16-17-44(5,6)7)26(38-43(41)28(2,3)4)21-10-13-29(31,32)14-11-21/h8-9,18,20-21,26,38H,10-17,19H2,1-7H3,(H,36,40)/t20-,26+,43?/m1/s1. The molecule has 1 aromatic carbocycles. The lowest BCUT2D eigenvalue weighted by molar-refractivity contribution is -0.144. The summed E-state index contributed by atoms with van der Waals surface area (Å²) in [6.45, 7) is 14.6. The highest BCUT2D eigenvalue weighted by Gasteiger charge is 2.42. The fourth-order valence-electron chi connectivity index (χ4n) is 5.04. The summed E-state index contributed by atoms with van der Waals surface area (Å²) in [5.41, 5.74) is 1.91. The lowest BCUT2D eigenvalue weighted by Gasteiger charge is -2.35. The van der Waals surface area contributed by atoms with Crippen LogP contribution in [0.2, 0.25) is 25.7 Å². The van der Waals surface area contributed by atoms with Gasteiger partial charge >= 0.3 is 6.18 Å². The molecule has 1 aliphatic rings. The van der Waals surface area contributed by atoms with Gasteiger partial charge in [0.05, 0.1) is 23.5 Å².